The van der Waals surface area contributed by atoms with Crippen LogP contribution in [0.15, 0.2) is 18.2 Å². The predicted octanol–water partition coefficient (Wildman–Crippen LogP) is 3.59. The molecule has 0 aromatic heterocycles. The molecule has 1 heterocycles. The lowest BCUT2D eigenvalue weighted by atomic mass is 9.81. The van der Waals surface area contributed by atoms with Crippen molar-refractivity contribution in [3.63, 3.8) is 0 Å². The molecule has 2 aliphatic carbocycles. The molecule has 2 amide bonds. The van der Waals surface area contributed by atoms with Crippen molar-refractivity contribution >= 4 is 49.4 Å². The van der Waals surface area contributed by atoms with Crippen LogP contribution in [0, 0.1) is 37.5 Å². The summed E-state index contributed by atoms with van der Waals surface area (Å²) in [6.45, 7) is 3.93. The number of para-hydroxylation sites is 1. The molecule has 3 fully saturated rings. The number of imide groups is 1. The van der Waals surface area contributed by atoms with Crippen LogP contribution in [0.2, 0.25) is 0 Å². The minimum atomic E-state index is -0.144. The summed E-state index contributed by atoms with van der Waals surface area (Å²) in [5.74, 6) is 0.257. The van der Waals surface area contributed by atoms with Gasteiger partial charge < -0.3 is 0 Å². The molecule has 1 aromatic rings. The number of fused-ring (bicyclic) bond motifs is 5. The fourth-order valence-electron chi connectivity index (χ4n) is 4.73. The van der Waals surface area contributed by atoms with E-state index in [0.29, 0.717) is 0 Å². The first kappa shape index (κ1) is 14.9. The monoisotopic (exact) mass is 425 g/mol. The highest BCUT2D eigenvalue weighted by Crippen LogP contribution is 2.60. The lowest BCUT2D eigenvalue weighted by molar-refractivity contribution is -0.123. The first-order chi connectivity index (χ1) is 10.4. The number of rotatable bonds is 1. The van der Waals surface area contributed by atoms with Gasteiger partial charge in [-0.25, -0.2) is 4.90 Å². The second-order valence-corrected chi connectivity index (χ2v) is 8.87. The van der Waals surface area contributed by atoms with E-state index >= 15 is 0 Å². The summed E-state index contributed by atoms with van der Waals surface area (Å²) in [5.41, 5.74) is 2.77. The van der Waals surface area contributed by atoms with Crippen LogP contribution in [-0.4, -0.2) is 21.5 Å². The van der Waals surface area contributed by atoms with E-state index in [2.05, 4.69) is 31.9 Å². The molecule has 22 heavy (non-hydrogen) atoms. The Morgan fingerprint density at radius 1 is 0.955 bits per heavy atom. The highest BCUT2D eigenvalue weighted by atomic mass is 79.9. The number of carbonyl (C=O) groups is 2. The average molecular weight is 427 g/mol. The summed E-state index contributed by atoms with van der Waals surface area (Å²) < 4.78 is 0. The predicted molar refractivity (Wildman–Crippen MR) is 92.4 cm³/mol. The number of aryl methyl sites for hydroxylation is 2. The summed E-state index contributed by atoms with van der Waals surface area (Å²) in [4.78, 5) is 28.1. The lowest BCUT2D eigenvalue weighted by Gasteiger charge is -2.28. The minimum absolute atomic E-state index is 0.00347. The fraction of sp³-hybridized carbons (Fsp3) is 0.529. The number of alkyl halides is 2. The standard InChI is InChI=1S/C17H17Br2NO2/c1-7-4-3-5-8(2)15(7)20-16(21)11-9-6-10(12(11)17(20)22)14(19)13(9)18/h3-5,9-14H,6H2,1-2H3/t9-,10+,11-,12-,13+,14-/m0/s1. The number of hydrogen-bond donors (Lipinski definition) is 0. The van der Waals surface area contributed by atoms with Gasteiger partial charge in [-0.1, -0.05) is 50.1 Å². The third-order valence-electron chi connectivity index (χ3n) is 5.65. The Morgan fingerprint density at radius 3 is 1.86 bits per heavy atom. The highest BCUT2D eigenvalue weighted by Gasteiger charge is 2.66. The van der Waals surface area contributed by atoms with Crippen molar-refractivity contribution in [3.8, 4) is 0 Å². The largest absolute Gasteiger partial charge is 0.274 e. The Balaban J connectivity index is 1.80. The van der Waals surface area contributed by atoms with Gasteiger partial charge in [-0.15, -0.1) is 0 Å². The number of benzene rings is 1. The number of carbonyl (C=O) groups excluding carboxylic acids is 2. The zero-order valence-corrected chi connectivity index (χ0v) is 15.6. The molecule has 2 saturated carbocycles. The van der Waals surface area contributed by atoms with E-state index < -0.39 is 0 Å². The average Bonchev–Trinajstić information content (AvgIpc) is 3.06. The summed E-state index contributed by atoms with van der Waals surface area (Å²) in [6, 6.07) is 5.89. The fourth-order valence-corrected chi connectivity index (χ4v) is 6.60. The molecule has 1 aromatic carbocycles. The number of halogens is 2. The topological polar surface area (TPSA) is 37.4 Å². The van der Waals surface area contributed by atoms with E-state index in [-0.39, 0.29) is 45.1 Å². The van der Waals surface area contributed by atoms with E-state index in [1.165, 1.54) is 4.90 Å². The van der Waals surface area contributed by atoms with Crippen LogP contribution in [0.5, 0.6) is 0 Å². The molecule has 3 aliphatic rings. The SMILES string of the molecule is Cc1cccc(C)c1N1C(=O)[C@H]2[C@@H]3C[C@@H]([C@H](Br)[C@@H]3Br)[C@@H]2C1=O. The number of amides is 2. The molecule has 3 nitrogen and oxygen atoms in total. The van der Waals surface area contributed by atoms with Crippen molar-refractivity contribution in [3.05, 3.63) is 29.3 Å². The molecule has 0 spiro atoms. The van der Waals surface area contributed by atoms with Gasteiger partial charge in [-0.05, 0) is 43.2 Å². The Bertz CT molecular complexity index is 637. The summed E-state index contributed by atoms with van der Waals surface area (Å²) >= 11 is 7.44. The molecule has 6 atom stereocenters. The Kier molecular flexibility index (Phi) is 3.32. The summed E-state index contributed by atoms with van der Waals surface area (Å²) in [7, 11) is 0. The zero-order chi connectivity index (χ0) is 15.8. The molecule has 5 heteroatoms. The van der Waals surface area contributed by atoms with Gasteiger partial charge in [-0.2, -0.15) is 0 Å². The van der Waals surface area contributed by atoms with Gasteiger partial charge >= 0.3 is 0 Å². The Morgan fingerprint density at radius 2 is 1.41 bits per heavy atom. The highest BCUT2D eigenvalue weighted by molar-refractivity contribution is 9.12. The normalized spacial score (nSPS) is 39.7. The molecule has 1 aliphatic heterocycles. The molecule has 1 saturated heterocycles. The Hall–Kier alpha value is -0.680. The molecule has 0 radical (unpaired) electrons. The van der Waals surface area contributed by atoms with Gasteiger partial charge in [-0.3, -0.25) is 9.59 Å². The molecule has 2 bridgehead atoms. The van der Waals surface area contributed by atoms with Crippen molar-refractivity contribution in [2.45, 2.75) is 29.9 Å². The van der Waals surface area contributed by atoms with E-state index in [9.17, 15) is 9.59 Å². The number of nitrogens with zero attached hydrogens (tertiary/aromatic N) is 1. The molecular weight excluding hydrogens is 410 g/mol. The number of anilines is 1. The van der Waals surface area contributed by atoms with Gasteiger partial charge in [0.25, 0.3) is 0 Å². The molecule has 0 N–H and O–H groups in total. The van der Waals surface area contributed by atoms with Crippen molar-refractivity contribution in [2.24, 2.45) is 23.7 Å². The van der Waals surface area contributed by atoms with Crippen LogP contribution >= 0.6 is 31.9 Å². The quantitative estimate of drug-likeness (QED) is 0.508. The smallest absolute Gasteiger partial charge is 0.238 e. The third-order valence-corrected chi connectivity index (χ3v) is 8.86. The lowest BCUT2D eigenvalue weighted by Crippen LogP contribution is -2.37. The number of hydrogen-bond acceptors (Lipinski definition) is 2. The first-order valence-corrected chi connectivity index (χ1v) is 9.48. The van der Waals surface area contributed by atoms with Gasteiger partial charge in [0.05, 0.1) is 17.5 Å². The van der Waals surface area contributed by atoms with Crippen LogP contribution in [-0.2, 0) is 9.59 Å². The van der Waals surface area contributed by atoms with Crippen molar-refractivity contribution in [2.75, 3.05) is 4.90 Å². The summed E-state index contributed by atoms with van der Waals surface area (Å²) in [6.07, 6.45) is 0.971. The molecule has 116 valence electrons. The van der Waals surface area contributed by atoms with Crippen LogP contribution in [0.3, 0.4) is 0 Å². The van der Waals surface area contributed by atoms with Crippen LogP contribution in [0.25, 0.3) is 0 Å². The van der Waals surface area contributed by atoms with Crippen molar-refractivity contribution < 1.29 is 9.59 Å². The maximum absolute atomic E-state index is 13.0. The van der Waals surface area contributed by atoms with Gasteiger partial charge in [0, 0.05) is 9.65 Å². The molecule has 0 unspecified atom stereocenters. The van der Waals surface area contributed by atoms with E-state index in [0.717, 1.165) is 23.2 Å². The van der Waals surface area contributed by atoms with E-state index in [1.807, 2.05) is 32.0 Å². The summed E-state index contributed by atoms with van der Waals surface area (Å²) in [5, 5.41) is 0. The Labute approximate surface area is 146 Å². The van der Waals surface area contributed by atoms with Crippen molar-refractivity contribution in [1.29, 1.82) is 0 Å². The van der Waals surface area contributed by atoms with Crippen LogP contribution < -0.4 is 4.90 Å². The molecule has 4 rings (SSSR count). The van der Waals surface area contributed by atoms with Crippen molar-refractivity contribution in [1.82, 2.24) is 0 Å². The third kappa shape index (κ3) is 1.72. The van der Waals surface area contributed by atoms with Gasteiger partial charge in [0.2, 0.25) is 11.8 Å². The molecular formula is C17H17Br2NO2. The minimum Gasteiger partial charge on any atom is -0.274 e. The second-order valence-electron chi connectivity index (χ2n) is 6.76. The van der Waals surface area contributed by atoms with Gasteiger partial charge in [0.1, 0.15) is 0 Å². The first-order valence-electron chi connectivity index (χ1n) is 7.65. The van der Waals surface area contributed by atoms with Crippen LogP contribution in [0.4, 0.5) is 5.69 Å². The zero-order valence-electron chi connectivity index (χ0n) is 12.4. The second kappa shape index (κ2) is 4.91. The maximum atomic E-state index is 13.0. The van der Waals surface area contributed by atoms with E-state index in [4.69, 9.17) is 0 Å². The maximum Gasteiger partial charge on any atom is 0.238 e. The van der Waals surface area contributed by atoms with Gasteiger partial charge in [0.15, 0.2) is 0 Å². The van der Waals surface area contributed by atoms with Crippen LogP contribution in [0.1, 0.15) is 17.5 Å². The van der Waals surface area contributed by atoms with E-state index in [1.54, 1.807) is 0 Å².